The summed E-state index contributed by atoms with van der Waals surface area (Å²) in [5.41, 5.74) is 0. The van der Waals surface area contributed by atoms with Crippen molar-refractivity contribution in [1.29, 1.82) is 0 Å². The van der Waals surface area contributed by atoms with Crippen LogP contribution in [0.5, 0.6) is 0 Å². The second-order valence-electron chi connectivity index (χ2n) is 3.82. The topological polar surface area (TPSA) is 64.0 Å². The van der Waals surface area contributed by atoms with E-state index in [1.165, 1.54) is 0 Å². The monoisotopic (exact) mass is 202 g/mol. The molecule has 1 rings (SSSR count). The summed E-state index contributed by atoms with van der Waals surface area (Å²) >= 11 is 0. The number of β-amino-alcohol motifs (C(OH)–C–C–N with tert-alkyl or cyclic N) is 1. The molecule has 1 saturated heterocycles. The van der Waals surface area contributed by atoms with Gasteiger partial charge in [0.05, 0.1) is 12.6 Å². The molecule has 82 valence electrons. The van der Waals surface area contributed by atoms with Crippen LogP contribution in [0, 0.1) is 0 Å². The Labute approximate surface area is 83.9 Å². The highest BCUT2D eigenvalue weighted by atomic mass is 16.4. The molecule has 0 aromatic heterocycles. The van der Waals surface area contributed by atoms with Gasteiger partial charge in [-0.1, -0.05) is 0 Å². The van der Waals surface area contributed by atoms with Crippen LogP contribution in [0.2, 0.25) is 0 Å². The van der Waals surface area contributed by atoms with Crippen LogP contribution in [-0.2, 0) is 4.79 Å². The van der Waals surface area contributed by atoms with Gasteiger partial charge < -0.3 is 10.2 Å². The summed E-state index contributed by atoms with van der Waals surface area (Å²) in [6, 6.07) is 0. The lowest BCUT2D eigenvalue weighted by molar-refractivity contribution is -0.138. The minimum Gasteiger partial charge on any atom is -0.480 e. The molecule has 1 atom stereocenters. The third-order valence-corrected chi connectivity index (χ3v) is 2.35. The summed E-state index contributed by atoms with van der Waals surface area (Å²) < 4.78 is 0. The van der Waals surface area contributed by atoms with Gasteiger partial charge in [-0.3, -0.25) is 14.6 Å². The maximum absolute atomic E-state index is 10.4. The van der Waals surface area contributed by atoms with E-state index < -0.39 is 5.97 Å². The zero-order valence-electron chi connectivity index (χ0n) is 8.52. The molecule has 1 aliphatic heterocycles. The Morgan fingerprint density at radius 1 is 1.29 bits per heavy atom. The molecule has 0 aromatic rings. The molecule has 5 nitrogen and oxygen atoms in total. The summed E-state index contributed by atoms with van der Waals surface area (Å²) in [4.78, 5) is 14.5. The van der Waals surface area contributed by atoms with Gasteiger partial charge in [-0.25, -0.2) is 0 Å². The second-order valence-corrected chi connectivity index (χ2v) is 3.82. The summed E-state index contributed by atoms with van der Waals surface area (Å²) in [7, 11) is 0. The summed E-state index contributed by atoms with van der Waals surface area (Å²) in [6.45, 7) is 5.82. The molecule has 1 unspecified atom stereocenters. The van der Waals surface area contributed by atoms with Crippen LogP contribution in [0.1, 0.15) is 6.92 Å². The molecule has 0 aromatic carbocycles. The first-order valence-corrected chi connectivity index (χ1v) is 4.92. The smallest absolute Gasteiger partial charge is 0.317 e. The maximum atomic E-state index is 10.4. The summed E-state index contributed by atoms with van der Waals surface area (Å²) in [6.07, 6.45) is -0.305. The van der Waals surface area contributed by atoms with E-state index in [-0.39, 0.29) is 12.6 Å². The van der Waals surface area contributed by atoms with E-state index in [0.29, 0.717) is 6.54 Å². The number of aliphatic hydroxyl groups is 1. The quantitative estimate of drug-likeness (QED) is 0.616. The van der Waals surface area contributed by atoms with Crippen LogP contribution < -0.4 is 0 Å². The number of rotatable bonds is 4. The second kappa shape index (κ2) is 5.29. The van der Waals surface area contributed by atoms with Crippen LogP contribution in [0.25, 0.3) is 0 Å². The number of carbonyl (C=O) groups is 1. The van der Waals surface area contributed by atoms with Gasteiger partial charge in [-0.05, 0) is 6.92 Å². The fraction of sp³-hybridized carbons (Fsp3) is 0.889. The van der Waals surface area contributed by atoms with E-state index in [9.17, 15) is 4.79 Å². The Hall–Kier alpha value is -0.650. The van der Waals surface area contributed by atoms with Crippen molar-refractivity contribution in [2.24, 2.45) is 0 Å². The van der Waals surface area contributed by atoms with Gasteiger partial charge in [0, 0.05) is 32.7 Å². The number of hydrogen-bond donors (Lipinski definition) is 2. The third kappa shape index (κ3) is 4.04. The summed E-state index contributed by atoms with van der Waals surface area (Å²) in [5.74, 6) is -0.769. The number of piperazine rings is 1. The van der Waals surface area contributed by atoms with E-state index in [4.69, 9.17) is 10.2 Å². The van der Waals surface area contributed by atoms with E-state index in [1.807, 2.05) is 4.90 Å². The Morgan fingerprint density at radius 2 is 1.79 bits per heavy atom. The molecule has 2 N–H and O–H groups in total. The molecule has 14 heavy (non-hydrogen) atoms. The fourth-order valence-corrected chi connectivity index (χ4v) is 1.69. The predicted octanol–water partition coefficient (Wildman–Crippen LogP) is -0.931. The molecular formula is C9H18N2O3. The van der Waals surface area contributed by atoms with Crippen molar-refractivity contribution in [3.8, 4) is 0 Å². The molecule has 0 bridgehead atoms. The zero-order valence-corrected chi connectivity index (χ0v) is 8.52. The van der Waals surface area contributed by atoms with E-state index in [1.54, 1.807) is 6.92 Å². The van der Waals surface area contributed by atoms with Crippen molar-refractivity contribution in [3.63, 3.8) is 0 Å². The van der Waals surface area contributed by atoms with E-state index in [0.717, 1.165) is 26.2 Å². The number of carboxylic acids is 1. The Morgan fingerprint density at radius 3 is 2.21 bits per heavy atom. The lowest BCUT2D eigenvalue weighted by Gasteiger charge is -2.34. The minimum atomic E-state index is -0.769. The number of nitrogens with zero attached hydrogens (tertiary/aromatic N) is 2. The standard InChI is InChI=1S/C9H18N2O3/c1-8(12)6-10-2-4-11(5-3-10)7-9(13)14/h8,12H,2-7H2,1H3,(H,13,14). The average Bonchev–Trinajstić information content (AvgIpc) is 2.06. The molecule has 0 radical (unpaired) electrons. The number of hydrogen-bond acceptors (Lipinski definition) is 4. The van der Waals surface area contributed by atoms with Crippen LogP contribution in [0.15, 0.2) is 0 Å². The van der Waals surface area contributed by atoms with E-state index >= 15 is 0 Å². The lowest BCUT2D eigenvalue weighted by Crippen LogP contribution is -2.49. The van der Waals surface area contributed by atoms with Crippen LogP contribution in [-0.4, -0.2) is 71.4 Å². The first-order chi connectivity index (χ1) is 6.58. The maximum Gasteiger partial charge on any atom is 0.317 e. The average molecular weight is 202 g/mol. The van der Waals surface area contributed by atoms with Gasteiger partial charge in [0.1, 0.15) is 0 Å². The Bertz CT molecular complexity index is 188. The van der Waals surface area contributed by atoms with Crippen molar-refractivity contribution in [3.05, 3.63) is 0 Å². The Kier molecular flexibility index (Phi) is 4.31. The largest absolute Gasteiger partial charge is 0.480 e. The van der Waals surface area contributed by atoms with Crippen LogP contribution >= 0.6 is 0 Å². The molecule has 0 aliphatic carbocycles. The fourth-order valence-electron chi connectivity index (χ4n) is 1.69. The number of carboxylic acid groups (broad SMARTS) is 1. The molecule has 1 fully saturated rings. The molecular weight excluding hydrogens is 184 g/mol. The number of aliphatic hydroxyl groups excluding tert-OH is 1. The summed E-state index contributed by atoms with van der Waals surface area (Å²) in [5, 5.41) is 17.7. The van der Waals surface area contributed by atoms with E-state index in [2.05, 4.69) is 4.90 Å². The van der Waals surface area contributed by atoms with Crippen molar-refractivity contribution in [2.45, 2.75) is 13.0 Å². The normalized spacial score (nSPS) is 22.1. The molecule has 0 amide bonds. The van der Waals surface area contributed by atoms with Gasteiger partial charge in [-0.2, -0.15) is 0 Å². The van der Waals surface area contributed by atoms with Gasteiger partial charge >= 0.3 is 5.97 Å². The first-order valence-electron chi connectivity index (χ1n) is 4.92. The third-order valence-electron chi connectivity index (χ3n) is 2.35. The highest BCUT2D eigenvalue weighted by Gasteiger charge is 2.18. The molecule has 0 spiro atoms. The minimum absolute atomic E-state index is 0.127. The van der Waals surface area contributed by atoms with Crippen LogP contribution in [0.4, 0.5) is 0 Å². The van der Waals surface area contributed by atoms with Crippen molar-refractivity contribution >= 4 is 5.97 Å². The predicted molar refractivity (Wildman–Crippen MR) is 52.2 cm³/mol. The van der Waals surface area contributed by atoms with Crippen molar-refractivity contribution in [2.75, 3.05) is 39.3 Å². The van der Waals surface area contributed by atoms with Crippen molar-refractivity contribution < 1.29 is 15.0 Å². The van der Waals surface area contributed by atoms with Gasteiger partial charge in [0.25, 0.3) is 0 Å². The highest BCUT2D eigenvalue weighted by Crippen LogP contribution is 2.01. The van der Waals surface area contributed by atoms with Gasteiger partial charge in [0.2, 0.25) is 0 Å². The highest BCUT2D eigenvalue weighted by molar-refractivity contribution is 5.69. The SMILES string of the molecule is CC(O)CN1CCN(CC(=O)O)CC1. The Balaban J connectivity index is 2.21. The zero-order chi connectivity index (χ0) is 10.6. The van der Waals surface area contributed by atoms with Crippen molar-refractivity contribution in [1.82, 2.24) is 9.80 Å². The molecule has 1 heterocycles. The van der Waals surface area contributed by atoms with Gasteiger partial charge in [-0.15, -0.1) is 0 Å². The molecule has 5 heteroatoms. The lowest BCUT2D eigenvalue weighted by atomic mass is 10.3. The molecule has 0 saturated carbocycles. The molecule has 1 aliphatic rings. The number of aliphatic carboxylic acids is 1. The van der Waals surface area contributed by atoms with Gasteiger partial charge in [0.15, 0.2) is 0 Å². The van der Waals surface area contributed by atoms with Crippen LogP contribution in [0.3, 0.4) is 0 Å². The first kappa shape index (κ1) is 11.4.